The number of thioether (sulfide) groups is 1. The minimum Gasteiger partial charge on any atom is -0.465 e. The zero-order valence-electron chi connectivity index (χ0n) is 19.8. The number of halogens is 2. The Labute approximate surface area is 221 Å². The van der Waals surface area contributed by atoms with E-state index in [0.717, 1.165) is 11.8 Å². The smallest absolute Gasteiger partial charge is 0.316 e. The third-order valence-electron chi connectivity index (χ3n) is 5.88. The highest BCUT2D eigenvalue weighted by Gasteiger charge is 2.46. The SMILES string of the molecule is CCOC(=O)CSc1nnc(N2C(N)=C(C#N)C(c3c(F)cccc3Cl)C3=C2CC(C)(C)CC3=O)s1. The summed E-state index contributed by atoms with van der Waals surface area (Å²) < 4.78 is 20.5. The number of hydrogen-bond donors (Lipinski definition) is 1. The molecule has 1 unspecified atom stereocenters. The molecule has 0 saturated heterocycles. The number of anilines is 1. The van der Waals surface area contributed by atoms with Crippen LogP contribution in [0.25, 0.3) is 0 Å². The van der Waals surface area contributed by atoms with Crippen LogP contribution in [0.3, 0.4) is 0 Å². The summed E-state index contributed by atoms with van der Waals surface area (Å²) in [5.41, 5.74) is 6.99. The summed E-state index contributed by atoms with van der Waals surface area (Å²) >= 11 is 8.72. The standard InChI is InChI=1S/C24H23ClFN5O3S2/c1-4-34-17(33)11-35-23-30-29-22(36-23)31-15-8-24(2,3)9-16(32)20(15)18(12(10-27)21(31)28)19-13(25)6-5-7-14(19)26/h5-7,18H,4,8-9,11,28H2,1-3H3. The van der Waals surface area contributed by atoms with Crippen molar-refractivity contribution < 1.29 is 18.7 Å². The van der Waals surface area contributed by atoms with Gasteiger partial charge in [-0.1, -0.05) is 54.6 Å². The van der Waals surface area contributed by atoms with Gasteiger partial charge in [0.25, 0.3) is 0 Å². The molecule has 1 aromatic heterocycles. The van der Waals surface area contributed by atoms with Gasteiger partial charge in [-0.2, -0.15) is 5.26 Å². The van der Waals surface area contributed by atoms with Crippen LogP contribution in [-0.2, 0) is 14.3 Å². The van der Waals surface area contributed by atoms with Crippen molar-refractivity contribution in [3.63, 3.8) is 0 Å². The first-order valence-electron chi connectivity index (χ1n) is 11.1. The molecule has 2 aliphatic rings. The molecule has 8 nitrogen and oxygen atoms in total. The number of esters is 1. The van der Waals surface area contributed by atoms with Crippen LogP contribution in [0, 0.1) is 22.6 Å². The van der Waals surface area contributed by atoms with E-state index in [1.807, 2.05) is 13.8 Å². The average molecular weight is 548 g/mol. The van der Waals surface area contributed by atoms with Crippen LogP contribution in [0.5, 0.6) is 0 Å². The molecule has 1 aliphatic carbocycles. The van der Waals surface area contributed by atoms with E-state index < -0.39 is 17.2 Å². The lowest BCUT2D eigenvalue weighted by Gasteiger charge is -2.42. The van der Waals surface area contributed by atoms with Gasteiger partial charge < -0.3 is 10.5 Å². The fourth-order valence-corrected chi connectivity index (χ4v) is 6.43. The number of ketones is 1. The summed E-state index contributed by atoms with van der Waals surface area (Å²) in [5.74, 6) is -2.16. The van der Waals surface area contributed by atoms with Gasteiger partial charge in [-0.25, -0.2) is 4.39 Å². The lowest BCUT2D eigenvalue weighted by atomic mass is 9.68. The number of benzene rings is 1. The largest absolute Gasteiger partial charge is 0.465 e. The maximum Gasteiger partial charge on any atom is 0.316 e. The quantitative estimate of drug-likeness (QED) is 0.396. The number of aromatic nitrogens is 2. The minimum absolute atomic E-state index is 0.00438. The van der Waals surface area contributed by atoms with Gasteiger partial charge in [0.2, 0.25) is 5.13 Å². The first-order chi connectivity index (χ1) is 17.1. The second-order valence-electron chi connectivity index (χ2n) is 9.06. The van der Waals surface area contributed by atoms with Gasteiger partial charge in [0.15, 0.2) is 10.1 Å². The van der Waals surface area contributed by atoms with Crippen molar-refractivity contribution in [1.29, 1.82) is 5.26 Å². The van der Waals surface area contributed by atoms with Crippen molar-refractivity contribution in [3.8, 4) is 6.07 Å². The highest BCUT2D eigenvalue weighted by atomic mass is 35.5. The van der Waals surface area contributed by atoms with Crippen LogP contribution in [0.15, 0.2) is 45.2 Å². The van der Waals surface area contributed by atoms with Crippen LogP contribution in [0.2, 0.25) is 5.02 Å². The zero-order valence-corrected chi connectivity index (χ0v) is 22.2. The van der Waals surface area contributed by atoms with E-state index in [9.17, 15) is 14.9 Å². The fourth-order valence-electron chi connectivity index (χ4n) is 4.48. The molecular formula is C24H23ClFN5O3S2. The molecule has 2 aromatic rings. The molecule has 12 heteroatoms. The van der Waals surface area contributed by atoms with E-state index >= 15 is 4.39 Å². The van der Waals surface area contributed by atoms with Crippen molar-refractivity contribution in [2.24, 2.45) is 11.1 Å². The number of nitriles is 1. The number of nitrogens with two attached hydrogens (primary N) is 1. The third kappa shape index (κ3) is 4.85. The average Bonchev–Trinajstić information content (AvgIpc) is 3.25. The van der Waals surface area contributed by atoms with E-state index in [-0.39, 0.29) is 58.1 Å². The van der Waals surface area contributed by atoms with Gasteiger partial charge >= 0.3 is 5.97 Å². The van der Waals surface area contributed by atoms with Crippen LogP contribution in [0.4, 0.5) is 9.52 Å². The Morgan fingerprint density at radius 1 is 1.42 bits per heavy atom. The van der Waals surface area contributed by atoms with Gasteiger partial charge in [0.1, 0.15) is 11.6 Å². The maximum absolute atomic E-state index is 15.1. The van der Waals surface area contributed by atoms with Crippen molar-refractivity contribution in [2.75, 3.05) is 17.3 Å². The molecule has 188 valence electrons. The summed E-state index contributed by atoms with van der Waals surface area (Å²) in [6.45, 7) is 5.92. The Morgan fingerprint density at radius 2 is 2.17 bits per heavy atom. The van der Waals surface area contributed by atoms with Crippen LogP contribution in [0.1, 0.15) is 45.1 Å². The van der Waals surface area contributed by atoms with Crippen LogP contribution >= 0.6 is 34.7 Å². The molecule has 2 heterocycles. The molecule has 4 rings (SSSR count). The molecule has 0 saturated carbocycles. The zero-order chi connectivity index (χ0) is 26.2. The molecule has 1 atom stereocenters. The lowest BCUT2D eigenvalue weighted by molar-refractivity contribution is -0.139. The van der Waals surface area contributed by atoms with E-state index in [1.54, 1.807) is 11.8 Å². The number of ether oxygens (including phenoxy) is 1. The van der Waals surface area contributed by atoms with Crippen molar-refractivity contribution >= 4 is 51.6 Å². The predicted octanol–water partition coefficient (Wildman–Crippen LogP) is 4.93. The van der Waals surface area contributed by atoms with Crippen molar-refractivity contribution in [1.82, 2.24) is 10.2 Å². The Morgan fingerprint density at radius 3 is 2.83 bits per heavy atom. The first kappa shape index (κ1) is 26.1. The molecule has 0 spiro atoms. The Kier molecular flexibility index (Phi) is 7.41. The molecule has 36 heavy (non-hydrogen) atoms. The maximum atomic E-state index is 15.1. The second-order valence-corrected chi connectivity index (χ2v) is 11.6. The van der Waals surface area contributed by atoms with Gasteiger partial charge in [-0.05, 0) is 30.9 Å². The summed E-state index contributed by atoms with van der Waals surface area (Å²) in [5, 5.41) is 18.9. The summed E-state index contributed by atoms with van der Waals surface area (Å²) in [6.07, 6.45) is 0.651. The molecule has 2 N–H and O–H groups in total. The Bertz CT molecular complexity index is 1330. The van der Waals surface area contributed by atoms with Crippen molar-refractivity contribution in [3.05, 3.63) is 57.3 Å². The molecule has 0 bridgehead atoms. The van der Waals surface area contributed by atoms with E-state index in [0.29, 0.717) is 21.6 Å². The predicted molar refractivity (Wildman–Crippen MR) is 136 cm³/mol. The fraction of sp³-hybridized carbons (Fsp3) is 0.375. The first-order valence-corrected chi connectivity index (χ1v) is 13.3. The van der Waals surface area contributed by atoms with Crippen LogP contribution < -0.4 is 10.6 Å². The van der Waals surface area contributed by atoms with E-state index in [4.69, 9.17) is 22.1 Å². The van der Waals surface area contributed by atoms with Gasteiger partial charge in [-0.3, -0.25) is 14.5 Å². The number of allylic oxidation sites excluding steroid dienone is 3. The Hall–Kier alpha value is -2.94. The molecular weight excluding hydrogens is 525 g/mol. The summed E-state index contributed by atoms with van der Waals surface area (Å²) in [7, 11) is 0. The van der Waals surface area contributed by atoms with E-state index in [2.05, 4.69) is 16.3 Å². The van der Waals surface area contributed by atoms with Gasteiger partial charge in [-0.15, -0.1) is 10.2 Å². The molecule has 0 amide bonds. The number of Topliss-reactive ketones (excluding diaryl/α,β-unsaturated/α-hetero) is 1. The second kappa shape index (κ2) is 10.2. The van der Waals surface area contributed by atoms with Gasteiger partial charge in [0, 0.05) is 28.3 Å². The van der Waals surface area contributed by atoms with E-state index in [1.165, 1.54) is 29.5 Å². The molecule has 1 aliphatic heterocycles. The number of hydrogen-bond acceptors (Lipinski definition) is 10. The number of rotatable bonds is 6. The van der Waals surface area contributed by atoms with Gasteiger partial charge in [0.05, 0.1) is 29.9 Å². The normalized spacial score (nSPS) is 19.3. The van der Waals surface area contributed by atoms with Crippen molar-refractivity contribution in [2.45, 2.75) is 43.9 Å². The summed E-state index contributed by atoms with van der Waals surface area (Å²) in [4.78, 5) is 26.8. The number of carbonyl (C=O) groups is 2. The summed E-state index contributed by atoms with van der Waals surface area (Å²) in [6, 6.07) is 6.31. The minimum atomic E-state index is -1.04. The number of nitrogens with zero attached hydrogens (tertiary/aromatic N) is 4. The highest BCUT2D eigenvalue weighted by molar-refractivity contribution is 8.01. The van der Waals surface area contributed by atoms with Crippen LogP contribution in [-0.4, -0.2) is 34.3 Å². The molecule has 0 fully saturated rings. The topological polar surface area (TPSA) is 122 Å². The third-order valence-corrected chi connectivity index (χ3v) is 8.22. The lowest BCUT2D eigenvalue weighted by Crippen LogP contribution is -2.42. The highest BCUT2D eigenvalue weighted by Crippen LogP contribution is 2.52. The monoisotopic (exact) mass is 547 g/mol. The Balaban J connectivity index is 1.85. The molecule has 1 aromatic carbocycles. The number of carbonyl (C=O) groups excluding carboxylic acids is 2. The molecule has 0 radical (unpaired) electrons.